The number of hydrogen-bond acceptors (Lipinski definition) is 4. The summed E-state index contributed by atoms with van der Waals surface area (Å²) in [4.78, 5) is 4.21. The normalized spacial score (nSPS) is 12.2. The molecule has 0 aliphatic carbocycles. The Morgan fingerprint density at radius 2 is 2.24 bits per heavy atom. The highest BCUT2D eigenvalue weighted by molar-refractivity contribution is 9.10. The fourth-order valence-corrected chi connectivity index (χ4v) is 2.62. The summed E-state index contributed by atoms with van der Waals surface area (Å²) >= 11 is 9.77. The van der Waals surface area contributed by atoms with Crippen molar-refractivity contribution in [2.45, 2.75) is 19.4 Å². The third kappa shape index (κ3) is 3.95. The van der Waals surface area contributed by atoms with Gasteiger partial charge in [-0.3, -0.25) is 10.8 Å². The van der Waals surface area contributed by atoms with E-state index in [0.717, 1.165) is 27.8 Å². The highest BCUT2D eigenvalue weighted by atomic mass is 79.9. The van der Waals surface area contributed by atoms with E-state index in [0.29, 0.717) is 11.6 Å². The molecule has 0 bridgehead atoms. The Bertz CT molecular complexity index is 609. The summed E-state index contributed by atoms with van der Waals surface area (Å²) in [5, 5.41) is 0.625. The van der Waals surface area contributed by atoms with Crippen molar-refractivity contribution in [3.8, 4) is 5.75 Å². The van der Waals surface area contributed by atoms with Crippen LogP contribution in [0.2, 0.25) is 5.02 Å². The van der Waals surface area contributed by atoms with Crippen LogP contribution in [0.3, 0.4) is 0 Å². The van der Waals surface area contributed by atoms with E-state index in [1.807, 2.05) is 24.3 Å². The minimum Gasteiger partial charge on any atom is -0.492 e. The molecule has 0 spiro atoms. The van der Waals surface area contributed by atoms with Crippen LogP contribution in [0.1, 0.15) is 30.5 Å². The summed E-state index contributed by atoms with van der Waals surface area (Å²) in [6.07, 6.45) is 4.38. The van der Waals surface area contributed by atoms with Crippen molar-refractivity contribution in [3.63, 3.8) is 0 Å². The third-order valence-electron chi connectivity index (χ3n) is 3.00. The van der Waals surface area contributed by atoms with Crippen LogP contribution in [0, 0.1) is 0 Å². The fraction of sp³-hybridized carbons (Fsp3) is 0.267. The van der Waals surface area contributed by atoms with Gasteiger partial charge in [0.05, 0.1) is 23.9 Å². The molecule has 2 rings (SSSR count). The molecule has 0 aliphatic rings. The molecule has 21 heavy (non-hydrogen) atoms. The number of nitrogens with zero attached hydrogens (tertiary/aromatic N) is 1. The van der Waals surface area contributed by atoms with Gasteiger partial charge in [0.2, 0.25) is 0 Å². The van der Waals surface area contributed by atoms with Gasteiger partial charge in [-0.1, -0.05) is 30.7 Å². The minimum absolute atomic E-state index is 0.257. The fourth-order valence-electron chi connectivity index (χ4n) is 2.00. The molecule has 4 nitrogen and oxygen atoms in total. The van der Waals surface area contributed by atoms with Gasteiger partial charge >= 0.3 is 0 Å². The standard InChI is InChI=1S/C15H17BrClN3O/c1-2-6-21-11-7-10(8-19-9-11)15(20-18)12-4-3-5-13(16)14(12)17/h3-5,7-9,15,20H,2,6,18H2,1H3. The summed E-state index contributed by atoms with van der Waals surface area (Å²) in [6.45, 7) is 2.71. The Morgan fingerprint density at radius 1 is 1.43 bits per heavy atom. The lowest BCUT2D eigenvalue weighted by Crippen LogP contribution is -2.29. The molecule has 1 heterocycles. The lowest BCUT2D eigenvalue weighted by molar-refractivity contribution is 0.315. The molecule has 112 valence electrons. The Balaban J connectivity index is 2.35. The number of halogens is 2. The maximum absolute atomic E-state index is 6.35. The molecule has 1 aromatic heterocycles. The van der Waals surface area contributed by atoms with E-state index in [-0.39, 0.29) is 6.04 Å². The van der Waals surface area contributed by atoms with Gasteiger partial charge in [-0.05, 0) is 45.6 Å². The summed E-state index contributed by atoms with van der Waals surface area (Å²) in [6, 6.07) is 7.40. The molecular weight excluding hydrogens is 354 g/mol. The number of nitrogens with one attached hydrogen (secondary N) is 1. The van der Waals surface area contributed by atoms with E-state index in [1.54, 1.807) is 12.4 Å². The molecule has 6 heteroatoms. The maximum Gasteiger partial charge on any atom is 0.137 e. The predicted molar refractivity (Wildman–Crippen MR) is 88.3 cm³/mol. The summed E-state index contributed by atoms with van der Waals surface area (Å²) in [5.41, 5.74) is 4.56. The number of aromatic nitrogens is 1. The summed E-state index contributed by atoms with van der Waals surface area (Å²) in [7, 11) is 0. The molecule has 1 atom stereocenters. The Hall–Kier alpha value is -1.14. The van der Waals surface area contributed by atoms with Crippen molar-refractivity contribution >= 4 is 27.5 Å². The topological polar surface area (TPSA) is 60.2 Å². The number of nitrogens with two attached hydrogens (primary N) is 1. The molecule has 2 aromatic rings. The first-order chi connectivity index (χ1) is 10.2. The first-order valence-electron chi connectivity index (χ1n) is 6.65. The largest absolute Gasteiger partial charge is 0.492 e. The smallest absolute Gasteiger partial charge is 0.137 e. The van der Waals surface area contributed by atoms with Gasteiger partial charge in [0.25, 0.3) is 0 Å². The number of ether oxygens (including phenoxy) is 1. The van der Waals surface area contributed by atoms with Gasteiger partial charge in [0, 0.05) is 10.7 Å². The Kier molecular flexibility index (Phi) is 5.99. The van der Waals surface area contributed by atoms with Crippen LogP contribution >= 0.6 is 27.5 Å². The monoisotopic (exact) mass is 369 g/mol. The van der Waals surface area contributed by atoms with Crippen LogP contribution in [0.25, 0.3) is 0 Å². The summed E-state index contributed by atoms with van der Waals surface area (Å²) < 4.78 is 6.43. The molecule has 0 amide bonds. The van der Waals surface area contributed by atoms with Crippen molar-refractivity contribution in [2.24, 2.45) is 5.84 Å². The molecule has 0 saturated heterocycles. The Labute approximate surface area is 137 Å². The van der Waals surface area contributed by atoms with Gasteiger partial charge in [0.15, 0.2) is 0 Å². The second kappa shape index (κ2) is 7.75. The lowest BCUT2D eigenvalue weighted by Gasteiger charge is -2.19. The van der Waals surface area contributed by atoms with Crippen molar-refractivity contribution in [1.29, 1.82) is 0 Å². The second-order valence-electron chi connectivity index (χ2n) is 4.55. The van der Waals surface area contributed by atoms with Crippen LogP contribution in [-0.2, 0) is 0 Å². The first-order valence-corrected chi connectivity index (χ1v) is 7.82. The molecule has 0 saturated carbocycles. The van der Waals surface area contributed by atoms with Gasteiger partial charge < -0.3 is 4.74 Å². The van der Waals surface area contributed by atoms with Gasteiger partial charge in [-0.15, -0.1) is 0 Å². The number of rotatable bonds is 6. The van der Waals surface area contributed by atoms with Crippen molar-refractivity contribution in [2.75, 3.05) is 6.61 Å². The zero-order valence-electron chi connectivity index (χ0n) is 11.6. The lowest BCUT2D eigenvalue weighted by atomic mass is 10.0. The molecule has 0 radical (unpaired) electrons. The number of hydrogen-bond donors (Lipinski definition) is 2. The average Bonchev–Trinajstić information content (AvgIpc) is 2.50. The highest BCUT2D eigenvalue weighted by Crippen LogP contribution is 2.33. The third-order valence-corrected chi connectivity index (χ3v) is 4.31. The van der Waals surface area contributed by atoms with Crippen LogP contribution in [-0.4, -0.2) is 11.6 Å². The molecule has 0 aliphatic heterocycles. The van der Waals surface area contributed by atoms with Gasteiger partial charge in [-0.2, -0.15) is 0 Å². The van der Waals surface area contributed by atoms with Crippen molar-refractivity contribution in [1.82, 2.24) is 10.4 Å². The zero-order valence-corrected chi connectivity index (χ0v) is 14.0. The van der Waals surface area contributed by atoms with E-state index in [1.165, 1.54) is 0 Å². The molecule has 0 fully saturated rings. The molecule has 3 N–H and O–H groups in total. The molecular formula is C15H17BrClN3O. The zero-order chi connectivity index (χ0) is 15.2. The van der Waals surface area contributed by atoms with Crippen LogP contribution in [0.15, 0.2) is 41.1 Å². The predicted octanol–water partition coefficient (Wildman–Crippen LogP) is 3.84. The molecule has 1 aromatic carbocycles. The van der Waals surface area contributed by atoms with Crippen molar-refractivity contribution in [3.05, 3.63) is 57.3 Å². The van der Waals surface area contributed by atoms with Crippen LogP contribution < -0.4 is 16.0 Å². The number of hydrazine groups is 1. The van der Waals surface area contributed by atoms with Crippen LogP contribution in [0.5, 0.6) is 5.75 Å². The van der Waals surface area contributed by atoms with Crippen LogP contribution in [0.4, 0.5) is 0 Å². The number of pyridine rings is 1. The quantitative estimate of drug-likeness (QED) is 0.599. The summed E-state index contributed by atoms with van der Waals surface area (Å²) in [5.74, 6) is 6.44. The number of benzene rings is 1. The van der Waals surface area contributed by atoms with E-state index in [4.69, 9.17) is 22.2 Å². The molecule has 1 unspecified atom stereocenters. The van der Waals surface area contributed by atoms with Gasteiger partial charge in [0.1, 0.15) is 5.75 Å². The van der Waals surface area contributed by atoms with E-state index in [9.17, 15) is 0 Å². The van der Waals surface area contributed by atoms with Gasteiger partial charge in [-0.25, -0.2) is 5.43 Å². The van der Waals surface area contributed by atoms with Crippen molar-refractivity contribution < 1.29 is 4.74 Å². The van der Waals surface area contributed by atoms with E-state index in [2.05, 4.69) is 33.3 Å². The second-order valence-corrected chi connectivity index (χ2v) is 5.78. The Morgan fingerprint density at radius 3 is 2.95 bits per heavy atom. The average molecular weight is 371 g/mol. The first kappa shape index (κ1) is 16.2. The highest BCUT2D eigenvalue weighted by Gasteiger charge is 2.18. The van der Waals surface area contributed by atoms with E-state index >= 15 is 0 Å². The van der Waals surface area contributed by atoms with E-state index < -0.39 is 0 Å². The minimum atomic E-state index is -0.257. The maximum atomic E-state index is 6.35. The SMILES string of the molecule is CCCOc1cncc(C(NN)c2cccc(Br)c2Cl)c1.